The number of carbonyl (C=O) groups excluding carboxylic acids is 11. The molecule has 0 bridgehead atoms. The third-order valence-electron chi connectivity index (χ3n) is 14.0. The van der Waals surface area contributed by atoms with Gasteiger partial charge in [-0.05, 0) is 98.9 Å². The number of aliphatic imine (C=N–C) groups is 1. The van der Waals surface area contributed by atoms with Gasteiger partial charge in [0.05, 0.1) is 12.5 Å². The molecule has 9 atom stereocenters. The molecule has 12 amide bonds. The topological polar surface area (TPSA) is 493 Å². The molecule has 30 nitrogen and oxygen atoms in total. The Morgan fingerprint density at radius 3 is 1.74 bits per heavy atom. The number of nitrogens with one attached hydrogen (secondary N) is 12. The lowest BCUT2D eigenvalue weighted by Crippen LogP contribution is -2.62. The number of nitrogens with zero attached hydrogens (tertiary/aromatic N) is 1. The number of primary amides is 2. The lowest BCUT2D eigenvalue weighted by Gasteiger charge is -2.28. The Balaban J connectivity index is 1.52. The molecular weight excluding hydrogens is 1170 g/mol. The van der Waals surface area contributed by atoms with E-state index < -0.39 is 138 Å². The van der Waals surface area contributed by atoms with Crippen molar-refractivity contribution in [1.29, 1.82) is 0 Å². The summed E-state index contributed by atoms with van der Waals surface area (Å²) in [5.41, 5.74) is 28.8. The molecule has 0 saturated carbocycles. The Labute approximate surface area is 518 Å². The first-order valence-corrected chi connectivity index (χ1v) is 29.1. The molecule has 490 valence electrons. The summed E-state index contributed by atoms with van der Waals surface area (Å²) in [6, 6.07) is 4.90. The van der Waals surface area contributed by atoms with Crippen LogP contribution in [0.4, 0.5) is 9.18 Å². The number of nitrogens with two attached hydrogens (primary N) is 4. The van der Waals surface area contributed by atoms with Gasteiger partial charge in [-0.3, -0.25) is 58.4 Å². The van der Waals surface area contributed by atoms with Crippen LogP contribution in [0.3, 0.4) is 0 Å². The van der Waals surface area contributed by atoms with Crippen molar-refractivity contribution >= 4 is 82.0 Å². The number of hydrogen-bond donors (Lipinski definition) is 18. The molecule has 3 aromatic carbocycles. The number of aromatic hydroxyl groups is 1. The zero-order chi connectivity index (χ0) is 66.6. The van der Waals surface area contributed by atoms with Gasteiger partial charge in [0, 0.05) is 56.9 Å². The number of para-hydroxylation sites is 1. The first kappa shape index (κ1) is 72.6. The van der Waals surface area contributed by atoms with E-state index >= 15 is 4.39 Å². The number of amides is 12. The van der Waals surface area contributed by atoms with Gasteiger partial charge >= 0.3 is 6.03 Å². The second kappa shape index (κ2) is 36.4. The number of fused-ring (bicyclic) bond motifs is 1. The van der Waals surface area contributed by atoms with Crippen LogP contribution in [-0.2, 0) is 67.2 Å². The number of benzene rings is 3. The van der Waals surface area contributed by atoms with Gasteiger partial charge in [-0.2, -0.15) is 0 Å². The standard InChI is InChI=1S/C59H84FN17O13/c1-31(2)25-44(53(85)70-42(18-12-24-66-58(64)65-5)51(83)71-43(50(63)82)28-36-30-67-40-16-9-7-14-38(36)40)74-59(90)77-76-56(88)46(27-35-13-6-8-15-39(35)60)73-57(89)49(32(3)78)75-55(87)47(29-48(62)81)72-52(84)41(17-10-11-23-61)69-54(86)45(68-33(4)79)26-34-19-21-37(80)22-20-34/h6-9,13-16,19-22,30-32,41-47,49,67,78,80H,10-12,17-18,23-29,61H2,1-5H3,(H2,62,81)(H2,63,82)(H,68,79)(H,69,86)(H,70,85)(H,71,83)(H,72,84)(H,73,89)(H,75,87)(H,76,88)(H3,64,65,66)(H2,74,77,90)/t32-,41+,42+,43+,44+,45-,46+,47+,49+/m1/s1. The van der Waals surface area contributed by atoms with Crippen molar-refractivity contribution < 1.29 is 67.3 Å². The highest BCUT2D eigenvalue weighted by atomic mass is 19.1. The zero-order valence-electron chi connectivity index (χ0n) is 50.8. The molecule has 31 heteroatoms. The predicted octanol–water partition coefficient (Wildman–Crippen LogP) is -2.62. The lowest BCUT2D eigenvalue weighted by atomic mass is 10.0. The van der Waals surface area contributed by atoms with E-state index in [1.54, 1.807) is 20.0 Å². The summed E-state index contributed by atoms with van der Waals surface area (Å²) in [6.07, 6.45) is -0.812. The van der Waals surface area contributed by atoms with Gasteiger partial charge in [-0.15, -0.1) is 0 Å². The van der Waals surface area contributed by atoms with E-state index in [9.17, 15) is 63.0 Å². The number of hydrazine groups is 1. The van der Waals surface area contributed by atoms with E-state index in [0.29, 0.717) is 17.5 Å². The molecule has 0 spiro atoms. The van der Waals surface area contributed by atoms with E-state index in [1.807, 2.05) is 24.3 Å². The summed E-state index contributed by atoms with van der Waals surface area (Å²) in [6.45, 7) is 6.16. The van der Waals surface area contributed by atoms with Crippen LogP contribution in [-0.4, -0.2) is 161 Å². The van der Waals surface area contributed by atoms with Crippen molar-refractivity contribution in [2.24, 2.45) is 33.8 Å². The number of rotatable bonds is 35. The zero-order valence-corrected chi connectivity index (χ0v) is 50.8. The molecule has 0 fully saturated rings. The summed E-state index contributed by atoms with van der Waals surface area (Å²) in [4.78, 5) is 156. The van der Waals surface area contributed by atoms with Crippen molar-refractivity contribution in [1.82, 2.24) is 63.7 Å². The third-order valence-corrected chi connectivity index (χ3v) is 14.0. The molecular formula is C59H84FN17O13. The van der Waals surface area contributed by atoms with E-state index in [4.69, 9.17) is 22.9 Å². The SMILES string of the molecule is CN=C(N)NCCC[C@H](NC(=O)[C@H](CC(C)C)NC(=O)NNC(=O)[C@H](Cc1ccccc1F)NC(=O)[C@@H](NC(=O)[C@H](CC(N)=O)NC(=O)[C@H](CCCCN)NC(=O)[C@@H](Cc1ccc(O)cc1)NC(C)=O)[C@@H](C)O)C(=O)N[C@@H](Cc1c[nH]c2ccccc12)C(N)=O. The number of aromatic nitrogens is 1. The molecule has 90 heavy (non-hydrogen) atoms. The van der Waals surface area contributed by atoms with Crippen LogP contribution in [0.25, 0.3) is 10.9 Å². The van der Waals surface area contributed by atoms with Gasteiger partial charge in [0.1, 0.15) is 59.9 Å². The Hall–Kier alpha value is -9.91. The van der Waals surface area contributed by atoms with Crippen molar-refractivity contribution in [2.75, 3.05) is 20.1 Å². The number of aliphatic hydroxyl groups is 1. The van der Waals surface area contributed by atoms with Gasteiger partial charge in [-0.25, -0.2) is 14.6 Å². The molecule has 0 unspecified atom stereocenters. The predicted molar refractivity (Wildman–Crippen MR) is 329 cm³/mol. The van der Waals surface area contributed by atoms with Gasteiger partial charge in [0.2, 0.25) is 53.2 Å². The number of urea groups is 1. The van der Waals surface area contributed by atoms with Crippen molar-refractivity contribution in [3.63, 3.8) is 0 Å². The number of phenols is 1. The first-order chi connectivity index (χ1) is 42.7. The van der Waals surface area contributed by atoms with Crippen LogP contribution in [0.5, 0.6) is 5.75 Å². The molecule has 0 saturated heterocycles. The van der Waals surface area contributed by atoms with Gasteiger partial charge in [-0.1, -0.05) is 62.4 Å². The maximum Gasteiger partial charge on any atom is 0.334 e. The minimum atomic E-state index is -1.97. The minimum absolute atomic E-state index is 0.00167. The highest BCUT2D eigenvalue weighted by Crippen LogP contribution is 2.20. The maximum absolute atomic E-state index is 15.2. The van der Waals surface area contributed by atoms with Crippen LogP contribution >= 0.6 is 0 Å². The normalized spacial score (nSPS) is 14.3. The number of carbonyl (C=O) groups is 11. The highest BCUT2D eigenvalue weighted by Gasteiger charge is 2.36. The van der Waals surface area contributed by atoms with Crippen molar-refractivity contribution in [3.8, 4) is 5.75 Å². The molecule has 22 N–H and O–H groups in total. The van der Waals surface area contributed by atoms with Crippen LogP contribution in [0.15, 0.2) is 84.0 Å². The van der Waals surface area contributed by atoms with Crippen LogP contribution in [0.2, 0.25) is 0 Å². The number of unbranched alkanes of at least 4 members (excludes halogenated alkanes) is 1. The first-order valence-electron chi connectivity index (χ1n) is 29.1. The summed E-state index contributed by atoms with van der Waals surface area (Å²) in [5, 5.41) is 44.1. The summed E-state index contributed by atoms with van der Waals surface area (Å²) in [7, 11) is 1.47. The Bertz CT molecular complexity index is 3160. The third kappa shape index (κ3) is 24.3. The second-order valence-corrected chi connectivity index (χ2v) is 21.8. The average Bonchev–Trinajstić information content (AvgIpc) is 1.84. The van der Waals surface area contributed by atoms with Crippen LogP contribution in [0, 0.1) is 11.7 Å². The summed E-state index contributed by atoms with van der Waals surface area (Å²) in [5.74, 6) is -10.7. The fourth-order valence-corrected chi connectivity index (χ4v) is 9.31. The van der Waals surface area contributed by atoms with Crippen molar-refractivity contribution in [2.45, 2.75) is 146 Å². The molecule has 1 aromatic heterocycles. The van der Waals surface area contributed by atoms with E-state index in [-0.39, 0.29) is 81.2 Å². The molecule has 0 aliphatic heterocycles. The van der Waals surface area contributed by atoms with Gasteiger partial charge in [0.15, 0.2) is 5.96 Å². The number of aliphatic hydroxyl groups excluding tert-OH is 1. The van der Waals surface area contributed by atoms with Gasteiger partial charge < -0.3 is 86.0 Å². The van der Waals surface area contributed by atoms with Gasteiger partial charge in [0.25, 0.3) is 5.91 Å². The molecule has 0 radical (unpaired) electrons. The monoisotopic (exact) mass is 1260 g/mol. The number of H-pyrrole nitrogens is 1. The number of aromatic amines is 1. The largest absolute Gasteiger partial charge is 0.508 e. The van der Waals surface area contributed by atoms with Crippen molar-refractivity contribution in [3.05, 3.63) is 102 Å². The van der Waals surface area contributed by atoms with Crippen LogP contribution < -0.4 is 81.6 Å². The molecule has 4 aromatic rings. The quantitative estimate of drug-likeness (QED) is 0.00971. The number of halogens is 1. The number of phenolic OH excluding ortho intramolecular Hbond substituents is 1. The fourth-order valence-electron chi connectivity index (χ4n) is 9.31. The maximum atomic E-state index is 15.2. The number of hydrogen-bond acceptors (Lipinski definition) is 15. The summed E-state index contributed by atoms with van der Waals surface area (Å²) >= 11 is 0. The number of guanidine groups is 1. The van der Waals surface area contributed by atoms with Crippen LogP contribution in [0.1, 0.15) is 89.3 Å². The molecule has 4 rings (SSSR count). The summed E-state index contributed by atoms with van der Waals surface area (Å²) < 4.78 is 15.2. The Morgan fingerprint density at radius 2 is 1.14 bits per heavy atom. The van der Waals surface area contributed by atoms with E-state index in [2.05, 4.69) is 68.7 Å². The molecule has 1 heterocycles. The fraction of sp³-hybridized carbons (Fsp3) is 0.458. The average molecular weight is 1260 g/mol. The highest BCUT2D eigenvalue weighted by molar-refractivity contribution is 5.99. The smallest absolute Gasteiger partial charge is 0.334 e. The lowest BCUT2D eigenvalue weighted by molar-refractivity contribution is -0.137. The second-order valence-electron chi connectivity index (χ2n) is 21.8. The molecule has 0 aliphatic carbocycles. The van der Waals surface area contributed by atoms with E-state index in [0.717, 1.165) is 23.9 Å². The Kier molecular flexibility index (Phi) is 29.4. The Morgan fingerprint density at radius 1 is 0.589 bits per heavy atom. The molecule has 0 aliphatic rings. The minimum Gasteiger partial charge on any atom is -0.508 e. The van der Waals surface area contributed by atoms with E-state index in [1.165, 1.54) is 56.4 Å².